The van der Waals surface area contributed by atoms with Crippen LogP contribution in [0.15, 0.2) is 97.1 Å². The molecule has 3 nitrogen and oxygen atoms in total. The quantitative estimate of drug-likeness (QED) is 0.385. The first kappa shape index (κ1) is 15.2. The molecule has 2 aromatic heterocycles. The number of hydrogen-bond acceptors (Lipinski definition) is 1. The molecular formula is C25H17N3. The average Bonchev–Trinajstić information content (AvgIpc) is 3.32. The molecule has 0 fully saturated rings. The van der Waals surface area contributed by atoms with E-state index in [2.05, 4.69) is 94.5 Å². The van der Waals surface area contributed by atoms with Gasteiger partial charge in [0.1, 0.15) is 5.82 Å². The van der Waals surface area contributed by atoms with Crippen molar-refractivity contribution in [3.05, 3.63) is 97.1 Å². The number of rotatable bonds is 2. The van der Waals surface area contributed by atoms with Crippen LogP contribution in [0.3, 0.4) is 0 Å². The van der Waals surface area contributed by atoms with E-state index in [-0.39, 0.29) is 0 Å². The maximum atomic E-state index is 4.94. The summed E-state index contributed by atoms with van der Waals surface area (Å²) in [5.41, 5.74) is 6.65. The van der Waals surface area contributed by atoms with E-state index in [1.54, 1.807) is 0 Å². The van der Waals surface area contributed by atoms with Crippen LogP contribution in [-0.2, 0) is 0 Å². The lowest BCUT2D eigenvalue weighted by Crippen LogP contribution is -1.97. The second kappa shape index (κ2) is 5.83. The zero-order valence-corrected chi connectivity index (χ0v) is 15.1. The Labute approximate surface area is 161 Å². The Morgan fingerprint density at radius 1 is 0.643 bits per heavy atom. The SMILES string of the molecule is c1ccc(-c2nc3ccccc3n2-c2ccc3[nH]c4ccccc4c3c2)cc1. The van der Waals surface area contributed by atoms with Gasteiger partial charge in [0.05, 0.1) is 11.0 Å². The Balaban J connectivity index is 1.69. The summed E-state index contributed by atoms with van der Waals surface area (Å²) in [5.74, 6) is 0.959. The van der Waals surface area contributed by atoms with Crippen molar-refractivity contribution in [3.8, 4) is 17.1 Å². The second-order valence-corrected chi connectivity index (χ2v) is 7.03. The van der Waals surface area contributed by atoms with Crippen molar-refractivity contribution < 1.29 is 0 Å². The van der Waals surface area contributed by atoms with Crippen LogP contribution in [0.25, 0.3) is 49.9 Å². The molecule has 0 aliphatic heterocycles. The summed E-state index contributed by atoms with van der Waals surface area (Å²) in [6.45, 7) is 0. The molecular weight excluding hydrogens is 342 g/mol. The maximum Gasteiger partial charge on any atom is 0.145 e. The lowest BCUT2D eigenvalue weighted by molar-refractivity contribution is 1.11. The van der Waals surface area contributed by atoms with E-state index in [4.69, 9.17) is 4.98 Å². The lowest BCUT2D eigenvalue weighted by Gasteiger charge is -2.10. The van der Waals surface area contributed by atoms with Gasteiger partial charge in [-0.25, -0.2) is 4.98 Å². The molecule has 3 heteroatoms. The van der Waals surface area contributed by atoms with Crippen molar-refractivity contribution in [2.45, 2.75) is 0 Å². The smallest absolute Gasteiger partial charge is 0.145 e. The molecule has 0 atom stereocenters. The van der Waals surface area contributed by atoms with Crippen LogP contribution < -0.4 is 0 Å². The number of aromatic amines is 1. The summed E-state index contributed by atoms with van der Waals surface area (Å²) in [7, 11) is 0. The highest BCUT2D eigenvalue weighted by Crippen LogP contribution is 2.32. The van der Waals surface area contributed by atoms with Crippen LogP contribution in [-0.4, -0.2) is 14.5 Å². The van der Waals surface area contributed by atoms with Crippen LogP contribution in [0.1, 0.15) is 0 Å². The van der Waals surface area contributed by atoms with Crippen molar-refractivity contribution >= 4 is 32.8 Å². The highest BCUT2D eigenvalue weighted by Gasteiger charge is 2.15. The van der Waals surface area contributed by atoms with Gasteiger partial charge in [-0.3, -0.25) is 4.57 Å². The Morgan fingerprint density at radius 3 is 2.32 bits per heavy atom. The van der Waals surface area contributed by atoms with E-state index in [0.717, 1.165) is 39.1 Å². The number of para-hydroxylation sites is 3. The molecule has 0 aliphatic rings. The van der Waals surface area contributed by atoms with Crippen molar-refractivity contribution in [2.75, 3.05) is 0 Å². The van der Waals surface area contributed by atoms with Crippen LogP contribution >= 0.6 is 0 Å². The Hall–Kier alpha value is -3.85. The summed E-state index contributed by atoms with van der Waals surface area (Å²) >= 11 is 0. The number of H-pyrrole nitrogens is 1. The number of hydrogen-bond donors (Lipinski definition) is 1. The fourth-order valence-electron chi connectivity index (χ4n) is 4.04. The van der Waals surface area contributed by atoms with Crippen LogP contribution in [0.5, 0.6) is 0 Å². The van der Waals surface area contributed by atoms with Crippen LogP contribution in [0.4, 0.5) is 0 Å². The summed E-state index contributed by atoms with van der Waals surface area (Å²) in [5, 5.41) is 2.47. The molecule has 0 aliphatic carbocycles. The maximum absolute atomic E-state index is 4.94. The minimum absolute atomic E-state index is 0.959. The number of aromatic nitrogens is 3. The van der Waals surface area contributed by atoms with Gasteiger partial charge in [-0.1, -0.05) is 60.7 Å². The molecule has 2 heterocycles. The number of nitrogens with zero attached hydrogens (tertiary/aromatic N) is 2. The third-order valence-electron chi connectivity index (χ3n) is 5.34. The minimum atomic E-state index is 0.959. The molecule has 4 aromatic carbocycles. The molecule has 0 saturated carbocycles. The largest absolute Gasteiger partial charge is 0.355 e. The van der Waals surface area contributed by atoms with Gasteiger partial charge in [0.15, 0.2) is 0 Å². The molecule has 132 valence electrons. The summed E-state index contributed by atoms with van der Waals surface area (Å²) in [6, 6.07) is 33.7. The minimum Gasteiger partial charge on any atom is -0.355 e. The van der Waals surface area contributed by atoms with Crippen LogP contribution in [0.2, 0.25) is 0 Å². The van der Waals surface area contributed by atoms with Crippen molar-refractivity contribution in [1.82, 2.24) is 14.5 Å². The summed E-state index contributed by atoms with van der Waals surface area (Å²) in [4.78, 5) is 8.45. The monoisotopic (exact) mass is 359 g/mol. The first-order valence-electron chi connectivity index (χ1n) is 9.42. The van der Waals surface area contributed by atoms with Gasteiger partial charge in [-0.15, -0.1) is 0 Å². The van der Waals surface area contributed by atoms with Crippen LogP contribution in [0, 0.1) is 0 Å². The van der Waals surface area contributed by atoms with Gasteiger partial charge in [-0.2, -0.15) is 0 Å². The highest BCUT2D eigenvalue weighted by atomic mass is 15.1. The molecule has 1 N–H and O–H groups in total. The predicted molar refractivity (Wildman–Crippen MR) is 116 cm³/mol. The predicted octanol–water partition coefficient (Wildman–Crippen LogP) is 6.33. The number of nitrogens with one attached hydrogen (secondary N) is 1. The van der Waals surface area contributed by atoms with Gasteiger partial charge in [0.25, 0.3) is 0 Å². The lowest BCUT2D eigenvalue weighted by atomic mass is 10.1. The summed E-state index contributed by atoms with van der Waals surface area (Å²) < 4.78 is 2.26. The third-order valence-corrected chi connectivity index (χ3v) is 5.34. The fraction of sp³-hybridized carbons (Fsp3) is 0. The average molecular weight is 359 g/mol. The molecule has 6 aromatic rings. The van der Waals surface area contributed by atoms with Crippen molar-refractivity contribution in [1.29, 1.82) is 0 Å². The number of benzene rings is 4. The summed E-state index contributed by atoms with van der Waals surface area (Å²) in [6.07, 6.45) is 0. The van der Waals surface area contributed by atoms with Gasteiger partial charge in [-0.05, 0) is 36.4 Å². The molecule has 0 bridgehead atoms. The normalized spacial score (nSPS) is 11.6. The second-order valence-electron chi connectivity index (χ2n) is 7.03. The van der Waals surface area contributed by atoms with Crippen molar-refractivity contribution in [3.63, 3.8) is 0 Å². The Morgan fingerprint density at radius 2 is 1.39 bits per heavy atom. The molecule has 28 heavy (non-hydrogen) atoms. The highest BCUT2D eigenvalue weighted by molar-refractivity contribution is 6.08. The molecule has 0 saturated heterocycles. The molecule has 0 amide bonds. The standard InChI is InChI=1S/C25H17N3/c1-2-8-17(9-3-1)25-27-23-12-6-7-13-24(23)28(25)18-14-15-22-20(16-18)19-10-4-5-11-21(19)26-22/h1-16,26H. The van der Waals surface area contributed by atoms with Gasteiger partial charge in [0, 0.05) is 33.1 Å². The fourth-order valence-corrected chi connectivity index (χ4v) is 4.04. The number of imidazole rings is 1. The van der Waals surface area contributed by atoms with Gasteiger partial charge < -0.3 is 4.98 Å². The zero-order valence-electron chi connectivity index (χ0n) is 15.1. The molecule has 0 radical (unpaired) electrons. The topological polar surface area (TPSA) is 33.6 Å². The van der Waals surface area contributed by atoms with Gasteiger partial charge in [0.2, 0.25) is 0 Å². The third kappa shape index (κ3) is 2.20. The Bertz CT molecular complexity index is 1460. The zero-order chi connectivity index (χ0) is 18.5. The first-order valence-corrected chi connectivity index (χ1v) is 9.42. The van der Waals surface area contributed by atoms with E-state index < -0.39 is 0 Å². The molecule has 0 spiro atoms. The van der Waals surface area contributed by atoms with Crippen molar-refractivity contribution in [2.24, 2.45) is 0 Å². The van der Waals surface area contributed by atoms with E-state index in [9.17, 15) is 0 Å². The molecule has 6 rings (SSSR count). The van der Waals surface area contributed by atoms with E-state index >= 15 is 0 Å². The van der Waals surface area contributed by atoms with E-state index in [0.29, 0.717) is 0 Å². The Kier molecular flexibility index (Phi) is 3.17. The number of fused-ring (bicyclic) bond motifs is 4. The molecule has 0 unspecified atom stereocenters. The van der Waals surface area contributed by atoms with E-state index in [1.807, 2.05) is 12.1 Å². The van der Waals surface area contributed by atoms with E-state index in [1.165, 1.54) is 10.8 Å². The first-order chi connectivity index (χ1) is 13.9. The van der Waals surface area contributed by atoms with Gasteiger partial charge >= 0.3 is 0 Å².